The minimum absolute atomic E-state index is 0.100. The van der Waals surface area contributed by atoms with Gasteiger partial charge in [-0.2, -0.15) is 5.10 Å². The first kappa shape index (κ1) is 24.9. The summed E-state index contributed by atoms with van der Waals surface area (Å²) >= 11 is 0. The second-order valence-corrected chi connectivity index (χ2v) is 10.9. The number of hydrogen-bond donors (Lipinski definition) is 0. The third-order valence-corrected chi connectivity index (χ3v) is 8.12. The van der Waals surface area contributed by atoms with Crippen molar-refractivity contribution >= 4 is 5.71 Å². The molecule has 1 aromatic carbocycles. The molecule has 0 aromatic heterocycles. The van der Waals surface area contributed by atoms with Crippen molar-refractivity contribution in [2.75, 3.05) is 6.54 Å². The van der Waals surface area contributed by atoms with Gasteiger partial charge in [-0.25, -0.2) is 4.39 Å². The fourth-order valence-electron chi connectivity index (χ4n) is 6.33. The lowest BCUT2D eigenvalue weighted by Crippen LogP contribution is -2.41. The fourth-order valence-corrected chi connectivity index (χ4v) is 6.33. The quantitative estimate of drug-likeness (QED) is 0.318. The van der Waals surface area contributed by atoms with Crippen LogP contribution in [0.4, 0.5) is 4.39 Å². The maximum atomic E-state index is 13.8. The average molecular weight is 463 g/mol. The molecule has 3 unspecified atom stereocenters. The molecule has 0 N–H and O–H groups in total. The third kappa shape index (κ3) is 6.29. The molecule has 1 fully saturated rings. The van der Waals surface area contributed by atoms with Crippen molar-refractivity contribution < 1.29 is 4.39 Å². The molecule has 3 atom stereocenters. The van der Waals surface area contributed by atoms with Crippen LogP contribution in [0.5, 0.6) is 0 Å². The van der Waals surface area contributed by atoms with Gasteiger partial charge in [0.15, 0.2) is 0 Å². The van der Waals surface area contributed by atoms with E-state index in [1.807, 2.05) is 0 Å². The van der Waals surface area contributed by atoms with Gasteiger partial charge < -0.3 is 0 Å². The van der Waals surface area contributed by atoms with E-state index in [4.69, 9.17) is 5.10 Å². The van der Waals surface area contributed by atoms with E-state index in [1.165, 1.54) is 61.8 Å². The Labute approximate surface area is 206 Å². The first-order chi connectivity index (χ1) is 16.5. The molecule has 3 aliphatic rings. The standard InChI is InChI=1S/C31H43FN2/c1-4-9-29-30(26-12-6-5-7-13-26)31(27-18-20-28(32)21-19-27)34(33-29)22-25-16-14-24(15-17-25)11-8-10-23(2)3/h5-7,12-13,18,20-21,24-25,27,30-31H,2,4,8-11,14-17,19,22H2,1,3H3. The Kier molecular flexibility index (Phi) is 8.80. The Hall–Kier alpha value is -2.16. The SMILES string of the molecule is C=C(C)CCCC1CCC(CN2N=C(CCC)C(c3ccccc3)C2C2C=CC(F)=CC2)CC1. The molecular formula is C31H43FN2. The van der Waals surface area contributed by atoms with E-state index in [9.17, 15) is 4.39 Å². The van der Waals surface area contributed by atoms with Gasteiger partial charge in [-0.15, -0.1) is 6.58 Å². The number of halogens is 1. The van der Waals surface area contributed by atoms with Crippen molar-refractivity contribution in [2.45, 2.75) is 90.0 Å². The molecule has 1 aliphatic heterocycles. The smallest absolute Gasteiger partial charge is 0.118 e. The number of benzene rings is 1. The second kappa shape index (κ2) is 12.0. The highest BCUT2D eigenvalue weighted by Crippen LogP contribution is 2.42. The van der Waals surface area contributed by atoms with Gasteiger partial charge in [0.25, 0.3) is 0 Å². The number of rotatable bonds is 10. The summed E-state index contributed by atoms with van der Waals surface area (Å²) in [6.07, 6.45) is 17.6. The van der Waals surface area contributed by atoms with E-state index < -0.39 is 0 Å². The molecule has 1 aromatic rings. The molecule has 2 aliphatic carbocycles. The molecule has 3 heteroatoms. The van der Waals surface area contributed by atoms with E-state index in [0.29, 0.717) is 17.8 Å². The second-order valence-electron chi connectivity index (χ2n) is 10.9. The monoisotopic (exact) mass is 462 g/mol. The van der Waals surface area contributed by atoms with Gasteiger partial charge in [0, 0.05) is 24.1 Å². The molecule has 34 heavy (non-hydrogen) atoms. The number of allylic oxidation sites excluding steroid dienone is 4. The number of nitrogens with zero attached hydrogens (tertiary/aromatic N) is 2. The molecule has 0 amide bonds. The van der Waals surface area contributed by atoms with Crippen LogP contribution in [-0.4, -0.2) is 23.3 Å². The Morgan fingerprint density at radius 2 is 1.85 bits per heavy atom. The molecule has 0 radical (unpaired) electrons. The molecule has 0 saturated heterocycles. The topological polar surface area (TPSA) is 15.6 Å². The first-order valence-corrected chi connectivity index (χ1v) is 13.6. The van der Waals surface area contributed by atoms with Crippen LogP contribution >= 0.6 is 0 Å². The summed E-state index contributed by atoms with van der Waals surface area (Å²) in [6, 6.07) is 11.2. The molecule has 0 spiro atoms. The lowest BCUT2D eigenvalue weighted by Gasteiger charge is -2.37. The van der Waals surface area contributed by atoms with Crippen molar-refractivity contribution in [3.8, 4) is 0 Å². The highest BCUT2D eigenvalue weighted by atomic mass is 19.1. The Balaban J connectivity index is 1.47. The summed E-state index contributed by atoms with van der Waals surface area (Å²) in [5.41, 5.74) is 3.98. The van der Waals surface area contributed by atoms with Crippen LogP contribution in [-0.2, 0) is 0 Å². The van der Waals surface area contributed by atoms with E-state index in [2.05, 4.69) is 61.8 Å². The molecule has 1 heterocycles. The van der Waals surface area contributed by atoms with E-state index >= 15 is 0 Å². The lowest BCUT2D eigenvalue weighted by molar-refractivity contribution is 0.126. The molecule has 1 saturated carbocycles. The molecule has 0 bridgehead atoms. The van der Waals surface area contributed by atoms with Crippen LogP contribution in [0.2, 0.25) is 0 Å². The first-order valence-electron chi connectivity index (χ1n) is 13.6. The van der Waals surface area contributed by atoms with Crippen molar-refractivity contribution in [3.05, 3.63) is 72.1 Å². The van der Waals surface area contributed by atoms with Crippen LogP contribution in [0.1, 0.15) is 89.5 Å². The van der Waals surface area contributed by atoms with Gasteiger partial charge in [0.1, 0.15) is 5.83 Å². The summed E-state index contributed by atoms with van der Waals surface area (Å²) < 4.78 is 13.8. The molecule has 184 valence electrons. The molecule has 4 rings (SSSR count). The summed E-state index contributed by atoms with van der Waals surface area (Å²) in [5, 5.41) is 7.72. The summed E-state index contributed by atoms with van der Waals surface area (Å²) in [6.45, 7) is 9.48. The normalized spacial score (nSPS) is 29.1. The summed E-state index contributed by atoms with van der Waals surface area (Å²) in [5.74, 6) is 2.08. The third-order valence-electron chi connectivity index (χ3n) is 8.12. The minimum Gasteiger partial charge on any atom is -0.292 e. The highest BCUT2D eigenvalue weighted by molar-refractivity contribution is 5.93. The van der Waals surface area contributed by atoms with Crippen molar-refractivity contribution in [2.24, 2.45) is 22.9 Å². The number of hydrazone groups is 1. The zero-order valence-electron chi connectivity index (χ0n) is 21.3. The Bertz CT molecular complexity index is 891. The highest BCUT2D eigenvalue weighted by Gasteiger charge is 2.42. The largest absolute Gasteiger partial charge is 0.292 e. The number of hydrogen-bond acceptors (Lipinski definition) is 2. The van der Waals surface area contributed by atoms with Gasteiger partial charge in [-0.05, 0) is 75.0 Å². The van der Waals surface area contributed by atoms with Gasteiger partial charge in [-0.3, -0.25) is 5.01 Å². The zero-order valence-corrected chi connectivity index (χ0v) is 21.3. The van der Waals surface area contributed by atoms with E-state index in [0.717, 1.165) is 31.7 Å². The van der Waals surface area contributed by atoms with Crippen LogP contribution in [0.15, 0.2) is 71.6 Å². The maximum absolute atomic E-state index is 13.8. The zero-order chi connectivity index (χ0) is 23.9. The van der Waals surface area contributed by atoms with Gasteiger partial charge >= 0.3 is 0 Å². The lowest BCUT2D eigenvalue weighted by atomic mass is 9.76. The van der Waals surface area contributed by atoms with Crippen molar-refractivity contribution in [3.63, 3.8) is 0 Å². The van der Waals surface area contributed by atoms with Gasteiger partial charge in [0.05, 0.1) is 6.04 Å². The predicted molar refractivity (Wildman–Crippen MR) is 143 cm³/mol. The van der Waals surface area contributed by atoms with E-state index in [1.54, 1.807) is 12.2 Å². The Morgan fingerprint density at radius 1 is 1.12 bits per heavy atom. The van der Waals surface area contributed by atoms with Crippen LogP contribution < -0.4 is 0 Å². The summed E-state index contributed by atoms with van der Waals surface area (Å²) in [4.78, 5) is 0. The van der Waals surface area contributed by atoms with Crippen LogP contribution in [0.3, 0.4) is 0 Å². The van der Waals surface area contributed by atoms with Gasteiger partial charge in [-0.1, -0.05) is 74.6 Å². The Morgan fingerprint density at radius 3 is 2.50 bits per heavy atom. The minimum atomic E-state index is -0.100. The average Bonchev–Trinajstić information content (AvgIpc) is 3.19. The van der Waals surface area contributed by atoms with Crippen LogP contribution in [0.25, 0.3) is 0 Å². The maximum Gasteiger partial charge on any atom is 0.118 e. The van der Waals surface area contributed by atoms with Gasteiger partial charge in [0.2, 0.25) is 0 Å². The fraction of sp³-hybridized carbons (Fsp3) is 0.581. The summed E-state index contributed by atoms with van der Waals surface area (Å²) in [7, 11) is 0. The van der Waals surface area contributed by atoms with Crippen molar-refractivity contribution in [1.29, 1.82) is 0 Å². The predicted octanol–water partition coefficient (Wildman–Crippen LogP) is 8.59. The van der Waals surface area contributed by atoms with E-state index in [-0.39, 0.29) is 11.9 Å². The molecular weight excluding hydrogens is 419 g/mol. The molecule has 2 nitrogen and oxygen atoms in total. The van der Waals surface area contributed by atoms with Crippen molar-refractivity contribution in [1.82, 2.24) is 5.01 Å². The van der Waals surface area contributed by atoms with Crippen LogP contribution in [0, 0.1) is 17.8 Å².